The second kappa shape index (κ2) is 7.82. The third kappa shape index (κ3) is 3.64. The molecular formula is C21H24N2O3S. The van der Waals surface area contributed by atoms with Gasteiger partial charge >= 0.3 is 0 Å². The van der Waals surface area contributed by atoms with E-state index in [0.717, 1.165) is 16.1 Å². The summed E-state index contributed by atoms with van der Waals surface area (Å²) in [5.41, 5.74) is 2.01. The van der Waals surface area contributed by atoms with Crippen molar-refractivity contribution >= 4 is 28.8 Å². The lowest BCUT2D eigenvalue weighted by atomic mass is 9.85. The zero-order valence-corrected chi connectivity index (χ0v) is 16.3. The number of hydrogen-bond acceptors (Lipinski definition) is 4. The number of thiophene rings is 1. The van der Waals surface area contributed by atoms with Crippen LogP contribution in [0.5, 0.6) is 0 Å². The molecular weight excluding hydrogens is 360 g/mol. The van der Waals surface area contributed by atoms with Gasteiger partial charge in [-0.1, -0.05) is 23.8 Å². The van der Waals surface area contributed by atoms with Gasteiger partial charge in [0.1, 0.15) is 0 Å². The van der Waals surface area contributed by atoms with Gasteiger partial charge in [-0.15, -0.1) is 11.3 Å². The van der Waals surface area contributed by atoms with E-state index in [0.29, 0.717) is 39.1 Å². The summed E-state index contributed by atoms with van der Waals surface area (Å²) in [7, 11) is 0. The minimum Gasteiger partial charge on any atom is -0.378 e. The predicted octanol–water partition coefficient (Wildman–Crippen LogP) is 3.40. The van der Waals surface area contributed by atoms with Crippen molar-refractivity contribution in [2.75, 3.05) is 31.2 Å². The summed E-state index contributed by atoms with van der Waals surface area (Å²) in [6.45, 7) is 4.46. The molecule has 3 heterocycles. The summed E-state index contributed by atoms with van der Waals surface area (Å²) in [5.74, 6) is 0.00495. The van der Waals surface area contributed by atoms with Crippen LogP contribution >= 0.6 is 11.3 Å². The molecule has 6 heteroatoms. The Kier molecular flexibility index (Phi) is 5.27. The first-order valence-corrected chi connectivity index (χ1v) is 10.3. The normalized spacial score (nSPS) is 23.5. The van der Waals surface area contributed by atoms with E-state index in [9.17, 15) is 9.59 Å². The van der Waals surface area contributed by atoms with E-state index < -0.39 is 0 Å². The van der Waals surface area contributed by atoms with Crippen molar-refractivity contribution in [3.8, 4) is 0 Å². The highest BCUT2D eigenvalue weighted by Gasteiger charge is 2.43. The van der Waals surface area contributed by atoms with Crippen LogP contribution in [-0.2, 0) is 14.3 Å². The topological polar surface area (TPSA) is 49.9 Å². The van der Waals surface area contributed by atoms with E-state index >= 15 is 0 Å². The third-order valence-corrected chi connectivity index (χ3v) is 6.33. The number of rotatable bonds is 3. The zero-order chi connectivity index (χ0) is 18.8. The number of benzene rings is 1. The lowest BCUT2D eigenvalue weighted by Crippen LogP contribution is -2.51. The van der Waals surface area contributed by atoms with Gasteiger partial charge in [0.2, 0.25) is 11.8 Å². The summed E-state index contributed by atoms with van der Waals surface area (Å²) in [6, 6.07) is 11.8. The fourth-order valence-electron chi connectivity index (χ4n) is 3.96. The number of aryl methyl sites for hydroxylation is 1. The number of ether oxygens (including phenoxy) is 1. The molecule has 0 spiro atoms. The zero-order valence-electron chi connectivity index (χ0n) is 15.5. The number of morpholine rings is 1. The van der Waals surface area contributed by atoms with Gasteiger partial charge in [0.15, 0.2) is 0 Å². The second-order valence-electron chi connectivity index (χ2n) is 7.14. The molecule has 2 aliphatic rings. The summed E-state index contributed by atoms with van der Waals surface area (Å²) in [5, 5.41) is 2.01. The van der Waals surface area contributed by atoms with Crippen LogP contribution in [0.3, 0.4) is 0 Å². The van der Waals surface area contributed by atoms with Crippen LogP contribution in [0.15, 0.2) is 41.8 Å². The van der Waals surface area contributed by atoms with Crippen molar-refractivity contribution in [1.82, 2.24) is 4.90 Å². The van der Waals surface area contributed by atoms with E-state index in [1.54, 1.807) is 11.3 Å². The Morgan fingerprint density at radius 3 is 2.56 bits per heavy atom. The number of carbonyl (C=O) groups is 2. The van der Waals surface area contributed by atoms with Crippen LogP contribution in [-0.4, -0.2) is 43.0 Å². The van der Waals surface area contributed by atoms with Crippen molar-refractivity contribution in [2.24, 2.45) is 5.92 Å². The smallest absolute Gasteiger partial charge is 0.228 e. The average Bonchev–Trinajstić information content (AvgIpc) is 3.23. The van der Waals surface area contributed by atoms with E-state index in [-0.39, 0.29) is 23.8 Å². The maximum absolute atomic E-state index is 13.3. The first kappa shape index (κ1) is 18.2. The van der Waals surface area contributed by atoms with Crippen LogP contribution in [0.25, 0.3) is 0 Å². The van der Waals surface area contributed by atoms with Gasteiger partial charge in [0.25, 0.3) is 0 Å². The molecule has 142 valence electrons. The second-order valence-corrected chi connectivity index (χ2v) is 8.12. The highest BCUT2D eigenvalue weighted by molar-refractivity contribution is 7.10. The van der Waals surface area contributed by atoms with Crippen molar-refractivity contribution in [1.29, 1.82) is 0 Å². The van der Waals surface area contributed by atoms with E-state index in [2.05, 4.69) is 0 Å². The van der Waals surface area contributed by atoms with Crippen LogP contribution in [0.1, 0.15) is 29.3 Å². The lowest BCUT2D eigenvalue weighted by molar-refractivity contribution is -0.142. The Morgan fingerprint density at radius 1 is 1.15 bits per heavy atom. The molecule has 2 amide bonds. The monoisotopic (exact) mass is 384 g/mol. The Hall–Kier alpha value is -2.18. The van der Waals surface area contributed by atoms with Gasteiger partial charge in [-0.3, -0.25) is 9.59 Å². The van der Waals surface area contributed by atoms with Gasteiger partial charge in [0, 0.05) is 30.1 Å². The van der Waals surface area contributed by atoms with Crippen LogP contribution in [0.4, 0.5) is 5.69 Å². The largest absolute Gasteiger partial charge is 0.378 e. The number of hydrogen-bond donors (Lipinski definition) is 0. The van der Waals surface area contributed by atoms with Gasteiger partial charge in [-0.25, -0.2) is 0 Å². The molecule has 2 unspecified atom stereocenters. The minimum absolute atomic E-state index is 0.0864. The summed E-state index contributed by atoms with van der Waals surface area (Å²) < 4.78 is 5.40. The van der Waals surface area contributed by atoms with Crippen molar-refractivity contribution in [2.45, 2.75) is 25.8 Å². The van der Waals surface area contributed by atoms with E-state index in [1.165, 1.54) is 0 Å². The summed E-state index contributed by atoms with van der Waals surface area (Å²) in [4.78, 5) is 31.1. The molecule has 1 aromatic heterocycles. The molecule has 0 saturated carbocycles. The van der Waals surface area contributed by atoms with E-state index in [4.69, 9.17) is 4.74 Å². The van der Waals surface area contributed by atoms with Gasteiger partial charge in [-0.05, 0) is 36.9 Å². The molecule has 1 aromatic carbocycles. The number of piperidine rings is 1. The van der Waals surface area contributed by atoms with Gasteiger partial charge < -0.3 is 14.5 Å². The summed E-state index contributed by atoms with van der Waals surface area (Å²) >= 11 is 1.61. The van der Waals surface area contributed by atoms with Gasteiger partial charge in [-0.2, -0.15) is 0 Å². The molecule has 0 N–H and O–H groups in total. The molecule has 2 aromatic rings. The fraction of sp³-hybridized carbons (Fsp3) is 0.429. The molecule has 4 rings (SSSR count). The first-order valence-electron chi connectivity index (χ1n) is 9.44. The number of nitrogens with zero attached hydrogens (tertiary/aromatic N) is 2. The summed E-state index contributed by atoms with van der Waals surface area (Å²) in [6.07, 6.45) is 0.996. The standard InChI is InChI=1S/C21H24N2O3S/c1-15-4-6-16(7-5-15)23-19(24)9-8-17(20(23)18-3-2-14-27-18)21(25)22-10-12-26-13-11-22/h2-7,14,17,20H,8-13H2,1H3. The van der Waals surface area contributed by atoms with Gasteiger partial charge in [0.05, 0.1) is 25.2 Å². The molecule has 27 heavy (non-hydrogen) atoms. The number of amides is 2. The average molecular weight is 385 g/mol. The molecule has 5 nitrogen and oxygen atoms in total. The molecule has 2 atom stereocenters. The van der Waals surface area contributed by atoms with Crippen molar-refractivity contribution in [3.05, 3.63) is 52.2 Å². The predicted molar refractivity (Wildman–Crippen MR) is 106 cm³/mol. The molecule has 0 radical (unpaired) electrons. The Labute approximate surface area is 163 Å². The van der Waals surface area contributed by atoms with Crippen LogP contribution < -0.4 is 4.90 Å². The van der Waals surface area contributed by atoms with Crippen LogP contribution in [0, 0.1) is 12.8 Å². The molecule has 0 aliphatic carbocycles. The fourth-order valence-corrected chi connectivity index (χ4v) is 4.84. The highest BCUT2D eigenvalue weighted by Crippen LogP contribution is 2.42. The Bertz CT molecular complexity index is 797. The quantitative estimate of drug-likeness (QED) is 0.815. The highest BCUT2D eigenvalue weighted by atomic mass is 32.1. The lowest BCUT2D eigenvalue weighted by Gasteiger charge is -2.42. The third-order valence-electron chi connectivity index (χ3n) is 5.38. The SMILES string of the molecule is Cc1ccc(N2C(=O)CCC(C(=O)N3CCOCC3)C2c2cccs2)cc1. The minimum atomic E-state index is -0.246. The molecule has 2 aliphatic heterocycles. The first-order chi connectivity index (χ1) is 13.1. The maximum Gasteiger partial charge on any atom is 0.228 e. The maximum atomic E-state index is 13.3. The molecule has 2 saturated heterocycles. The van der Waals surface area contributed by atoms with Crippen LogP contribution in [0.2, 0.25) is 0 Å². The van der Waals surface area contributed by atoms with Crippen molar-refractivity contribution in [3.63, 3.8) is 0 Å². The Balaban J connectivity index is 1.71. The number of anilines is 1. The number of carbonyl (C=O) groups excluding carboxylic acids is 2. The molecule has 0 bridgehead atoms. The molecule has 2 fully saturated rings. The van der Waals surface area contributed by atoms with Crippen molar-refractivity contribution < 1.29 is 14.3 Å². The van der Waals surface area contributed by atoms with E-state index in [1.807, 2.05) is 58.5 Å². The Morgan fingerprint density at radius 2 is 1.89 bits per heavy atom.